The van der Waals surface area contributed by atoms with Crippen LogP contribution in [0.1, 0.15) is 44.7 Å². The molecule has 2 amide bonds. The van der Waals surface area contributed by atoms with Gasteiger partial charge in [-0.25, -0.2) is 4.79 Å². The van der Waals surface area contributed by atoms with Crippen LogP contribution in [0.4, 0.5) is 13.2 Å². The van der Waals surface area contributed by atoms with E-state index < -0.39 is 41.0 Å². The smallest absolute Gasteiger partial charge is 0.416 e. The largest absolute Gasteiger partial charge is 0.458 e. The SMILES string of the molecule is CN(C)CC(=O)NCC(=O)NC(CCC(=O)C=N)C(=O)OC(C)(C)C.Cc1ccc(C(F)(F)F)cc1. The van der Waals surface area contributed by atoms with Crippen molar-refractivity contribution in [3.8, 4) is 0 Å². The Balaban J connectivity index is 0.000000918. The Hall–Kier alpha value is -3.28. The van der Waals surface area contributed by atoms with Crippen molar-refractivity contribution in [1.82, 2.24) is 15.5 Å². The number of halogens is 3. The minimum Gasteiger partial charge on any atom is -0.458 e. The molecule has 0 aromatic heterocycles. The van der Waals surface area contributed by atoms with Gasteiger partial charge >= 0.3 is 12.1 Å². The number of alkyl halides is 3. The summed E-state index contributed by atoms with van der Waals surface area (Å²) >= 11 is 0. The van der Waals surface area contributed by atoms with Gasteiger partial charge in [0, 0.05) is 6.42 Å². The number of carbonyl (C=O) groups excluding carboxylic acids is 4. The number of esters is 1. The van der Waals surface area contributed by atoms with E-state index in [4.69, 9.17) is 10.1 Å². The third-order valence-corrected chi connectivity index (χ3v) is 4.15. The number of nitrogens with one attached hydrogen (secondary N) is 3. The molecular formula is C24H35F3N4O5. The van der Waals surface area contributed by atoms with Crippen molar-refractivity contribution < 1.29 is 37.1 Å². The molecule has 0 aliphatic carbocycles. The van der Waals surface area contributed by atoms with Crippen molar-refractivity contribution in [1.29, 1.82) is 5.41 Å². The Morgan fingerprint density at radius 1 is 1.06 bits per heavy atom. The van der Waals surface area contributed by atoms with Gasteiger partial charge in [0.05, 0.1) is 24.9 Å². The van der Waals surface area contributed by atoms with E-state index in [2.05, 4.69) is 10.6 Å². The predicted octanol–water partition coefficient (Wildman–Crippen LogP) is 2.50. The minimum atomic E-state index is -4.21. The Morgan fingerprint density at radius 2 is 1.61 bits per heavy atom. The molecule has 1 unspecified atom stereocenters. The van der Waals surface area contributed by atoms with Crippen molar-refractivity contribution in [2.75, 3.05) is 27.2 Å². The molecule has 0 aliphatic heterocycles. The molecule has 1 aromatic rings. The molecule has 0 spiro atoms. The molecule has 12 heteroatoms. The van der Waals surface area contributed by atoms with Crippen LogP contribution in [-0.4, -0.2) is 73.5 Å². The van der Waals surface area contributed by atoms with Gasteiger partial charge in [-0.2, -0.15) is 13.2 Å². The average Bonchev–Trinajstić information content (AvgIpc) is 2.73. The third kappa shape index (κ3) is 15.6. The standard InChI is InChI=1S/C16H28N4O5.C8H7F3/c1-16(2,3)25-15(24)12(7-6-11(21)8-17)19-13(22)9-18-14(23)10-20(4)5;1-6-2-4-7(5-3-6)8(9,10)11/h8,12,17H,6-7,9-10H2,1-5H3,(H,18,23)(H,19,22);2-5H,1H3. The summed E-state index contributed by atoms with van der Waals surface area (Å²) in [4.78, 5) is 48.6. The highest BCUT2D eigenvalue weighted by Gasteiger charge is 2.30. The van der Waals surface area contributed by atoms with Crippen LogP contribution in [0.2, 0.25) is 0 Å². The van der Waals surface area contributed by atoms with Gasteiger partial charge in [-0.1, -0.05) is 17.7 Å². The lowest BCUT2D eigenvalue weighted by molar-refractivity contribution is -0.158. The van der Waals surface area contributed by atoms with Gasteiger partial charge in [0.1, 0.15) is 11.6 Å². The first-order chi connectivity index (χ1) is 16.4. The highest BCUT2D eigenvalue weighted by Crippen LogP contribution is 2.28. The second-order valence-corrected chi connectivity index (χ2v) is 9.18. The summed E-state index contributed by atoms with van der Waals surface area (Å²) in [6.45, 7) is 6.66. The van der Waals surface area contributed by atoms with Crippen LogP contribution in [0.15, 0.2) is 24.3 Å². The summed E-state index contributed by atoms with van der Waals surface area (Å²) in [6, 6.07) is 4.03. The van der Waals surface area contributed by atoms with E-state index in [1.54, 1.807) is 46.7 Å². The summed E-state index contributed by atoms with van der Waals surface area (Å²) in [5, 5.41) is 11.8. The Bertz CT molecular complexity index is 894. The first-order valence-corrected chi connectivity index (χ1v) is 11.1. The van der Waals surface area contributed by atoms with Gasteiger partial charge in [-0.15, -0.1) is 0 Å². The third-order valence-electron chi connectivity index (χ3n) is 4.15. The number of benzene rings is 1. The molecule has 0 saturated carbocycles. The second-order valence-electron chi connectivity index (χ2n) is 9.18. The molecule has 1 rings (SSSR count). The minimum absolute atomic E-state index is 0.0144. The van der Waals surface area contributed by atoms with Crippen LogP contribution in [-0.2, 0) is 30.1 Å². The monoisotopic (exact) mass is 516 g/mol. The average molecular weight is 517 g/mol. The van der Waals surface area contributed by atoms with Gasteiger partial charge in [0.15, 0.2) is 5.78 Å². The van der Waals surface area contributed by atoms with Gasteiger partial charge < -0.3 is 25.7 Å². The molecule has 36 heavy (non-hydrogen) atoms. The fraction of sp³-hybridized carbons (Fsp3) is 0.542. The predicted molar refractivity (Wildman–Crippen MR) is 129 cm³/mol. The topological polar surface area (TPSA) is 129 Å². The zero-order valence-electron chi connectivity index (χ0n) is 21.4. The van der Waals surface area contributed by atoms with Gasteiger partial charge in [-0.3, -0.25) is 14.4 Å². The Labute approximate surface area is 209 Å². The van der Waals surface area contributed by atoms with E-state index in [9.17, 15) is 32.3 Å². The summed E-state index contributed by atoms with van der Waals surface area (Å²) in [7, 11) is 3.44. The zero-order valence-corrected chi connectivity index (χ0v) is 21.4. The lowest BCUT2D eigenvalue weighted by Crippen LogP contribution is -2.48. The molecule has 0 saturated heterocycles. The molecule has 0 bridgehead atoms. The number of nitrogens with zero attached hydrogens (tertiary/aromatic N) is 1. The Kier molecular flexibility index (Phi) is 13.6. The van der Waals surface area contributed by atoms with E-state index in [1.165, 1.54) is 12.1 Å². The highest BCUT2D eigenvalue weighted by atomic mass is 19.4. The molecule has 3 N–H and O–H groups in total. The van der Waals surface area contributed by atoms with Crippen molar-refractivity contribution in [2.45, 2.75) is 58.4 Å². The molecule has 0 radical (unpaired) electrons. The van der Waals surface area contributed by atoms with Crippen LogP contribution in [0.3, 0.4) is 0 Å². The van der Waals surface area contributed by atoms with Gasteiger partial charge in [-0.05, 0) is 60.3 Å². The van der Waals surface area contributed by atoms with E-state index in [1.807, 2.05) is 0 Å². The van der Waals surface area contributed by atoms with Crippen molar-refractivity contribution >= 4 is 29.8 Å². The van der Waals surface area contributed by atoms with Crippen LogP contribution < -0.4 is 10.6 Å². The summed E-state index contributed by atoms with van der Waals surface area (Å²) in [5.74, 6) is -2.02. The number of ether oxygens (including phenoxy) is 1. The quantitative estimate of drug-likeness (QED) is 0.324. The fourth-order valence-electron chi connectivity index (χ4n) is 2.49. The first kappa shape index (κ1) is 32.7. The van der Waals surface area contributed by atoms with Crippen LogP contribution >= 0.6 is 0 Å². The first-order valence-electron chi connectivity index (χ1n) is 11.1. The maximum atomic E-state index is 12.2. The second kappa shape index (κ2) is 15.0. The molecule has 0 fully saturated rings. The molecule has 1 aromatic carbocycles. The van der Waals surface area contributed by atoms with Crippen LogP contribution in [0, 0.1) is 12.3 Å². The lowest BCUT2D eigenvalue weighted by Gasteiger charge is -2.24. The highest BCUT2D eigenvalue weighted by molar-refractivity contribution is 6.26. The van der Waals surface area contributed by atoms with Gasteiger partial charge in [0.2, 0.25) is 11.8 Å². The van der Waals surface area contributed by atoms with E-state index in [-0.39, 0.29) is 31.8 Å². The van der Waals surface area contributed by atoms with E-state index >= 15 is 0 Å². The number of aryl methyl sites for hydroxylation is 1. The van der Waals surface area contributed by atoms with Crippen molar-refractivity contribution in [3.05, 3.63) is 35.4 Å². The van der Waals surface area contributed by atoms with Crippen LogP contribution in [0.25, 0.3) is 0 Å². The molecule has 202 valence electrons. The number of hydrogen-bond donors (Lipinski definition) is 3. The van der Waals surface area contributed by atoms with Crippen LogP contribution in [0.5, 0.6) is 0 Å². The maximum absolute atomic E-state index is 12.2. The summed E-state index contributed by atoms with van der Waals surface area (Å²) in [6.07, 6.45) is -3.61. The number of Topliss-reactive ketones (excluding diaryl/α,β-unsaturated/α-hetero) is 1. The Morgan fingerprint density at radius 3 is 2.06 bits per heavy atom. The van der Waals surface area contributed by atoms with Crippen molar-refractivity contribution in [2.24, 2.45) is 0 Å². The van der Waals surface area contributed by atoms with E-state index in [0.717, 1.165) is 17.7 Å². The van der Waals surface area contributed by atoms with E-state index in [0.29, 0.717) is 6.21 Å². The summed E-state index contributed by atoms with van der Waals surface area (Å²) < 4.78 is 41.0. The molecule has 0 heterocycles. The number of hydrogen-bond acceptors (Lipinski definition) is 7. The number of ketones is 1. The molecule has 0 aliphatic rings. The zero-order chi connectivity index (χ0) is 28.1. The molecular weight excluding hydrogens is 481 g/mol. The normalized spacial score (nSPS) is 12.1. The maximum Gasteiger partial charge on any atom is 0.416 e. The lowest BCUT2D eigenvalue weighted by atomic mass is 10.1. The van der Waals surface area contributed by atoms with Crippen molar-refractivity contribution in [3.63, 3.8) is 0 Å². The summed E-state index contributed by atoms with van der Waals surface area (Å²) in [5.41, 5.74) is -0.507. The van der Waals surface area contributed by atoms with Gasteiger partial charge in [0.25, 0.3) is 0 Å². The number of rotatable bonds is 10. The number of amides is 2. The number of carbonyl (C=O) groups is 4. The number of likely N-dealkylation sites (N-methyl/N-ethyl adjacent to an activating group) is 1. The fourth-order valence-corrected chi connectivity index (χ4v) is 2.49. The molecule has 9 nitrogen and oxygen atoms in total. The molecule has 1 atom stereocenters.